The molecule has 160 valence electrons. The molecule has 5 rings (SSSR count). The number of ether oxygens (including phenoxy) is 1. The molecule has 0 radical (unpaired) electrons. The van der Waals surface area contributed by atoms with Gasteiger partial charge in [0.1, 0.15) is 11.4 Å². The van der Waals surface area contributed by atoms with Gasteiger partial charge < -0.3 is 14.1 Å². The molecule has 3 heterocycles. The summed E-state index contributed by atoms with van der Waals surface area (Å²) in [6, 6.07) is 12.4. The summed E-state index contributed by atoms with van der Waals surface area (Å²) in [6.45, 7) is 4.33. The first-order chi connectivity index (χ1) is 15.1. The second-order valence-electron chi connectivity index (χ2n) is 7.90. The monoisotopic (exact) mass is 422 g/mol. The Kier molecular flexibility index (Phi) is 5.29. The Morgan fingerprint density at radius 1 is 0.968 bits per heavy atom. The Hall–Kier alpha value is -3.03. The molecule has 0 aliphatic carbocycles. The van der Waals surface area contributed by atoms with Crippen LogP contribution in [0.4, 0.5) is 4.39 Å². The third kappa shape index (κ3) is 3.54. The molecule has 1 atom stereocenters. The average Bonchev–Trinajstić information content (AvgIpc) is 3.07. The van der Waals surface area contributed by atoms with Crippen molar-refractivity contribution in [1.29, 1.82) is 0 Å². The number of para-hydroxylation sites is 1. The fourth-order valence-electron chi connectivity index (χ4n) is 4.51. The van der Waals surface area contributed by atoms with E-state index in [0.29, 0.717) is 42.7 Å². The molecule has 0 saturated carbocycles. The summed E-state index contributed by atoms with van der Waals surface area (Å²) in [7, 11) is 0. The van der Waals surface area contributed by atoms with Crippen LogP contribution in [0, 0.1) is 5.82 Å². The molecule has 0 bridgehead atoms. The molecule has 2 aliphatic heterocycles. The fourth-order valence-corrected chi connectivity index (χ4v) is 4.51. The van der Waals surface area contributed by atoms with Crippen LogP contribution in [0.2, 0.25) is 0 Å². The second kappa shape index (κ2) is 8.24. The quantitative estimate of drug-likeness (QED) is 0.632. The SMILES string of the molecule is O=C1c2oc3ccccc3c(=O)c2[C@@H](c2ccccc2F)N1CCCN1CCOCC1. The lowest BCUT2D eigenvalue weighted by atomic mass is 9.98. The first kappa shape index (κ1) is 19.9. The van der Waals surface area contributed by atoms with Crippen LogP contribution >= 0.6 is 0 Å². The molecule has 1 amide bonds. The number of carbonyl (C=O) groups excluding carboxylic acids is 1. The molecular weight excluding hydrogens is 399 g/mol. The van der Waals surface area contributed by atoms with E-state index in [0.717, 1.165) is 19.6 Å². The highest BCUT2D eigenvalue weighted by molar-refractivity contribution is 5.99. The number of hydrogen-bond acceptors (Lipinski definition) is 5. The van der Waals surface area contributed by atoms with Gasteiger partial charge in [-0.2, -0.15) is 0 Å². The Bertz CT molecular complexity index is 1190. The zero-order valence-electron chi connectivity index (χ0n) is 17.1. The highest BCUT2D eigenvalue weighted by Crippen LogP contribution is 2.39. The van der Waals surface area contributed by atoms with Crippen molar-refractivity contribution in [2.75, 3.05) is 39.4 Å². The lowest BCUT2D eigenvalue weighted by Gasteiger charge is -2.29. The lowest BCUT2D eigenvalue weighted by Crippen LogP contribution is -2.39. The Balaban J connectivity index is 1.54. The van der Waals surface area contributed by atoms with Gasteiger partial charge in [-0.25, -0.2) is 4.39 Å². The Labute approximate surface area is 178 Å². The predicted octanol–water partition coefficient (Wildman–Crippen LogP) is 3.20. The number of fused-ring (bicyclic) bond motifs is 2. The normalized spacial score (nSPS) is 19.2. The third-order valence-electron chi connectivity index (χ3n) is 6.05. The molecule has 0 spiro atoms. The summed E-state index contributed by atoms with van der Waals surface area (Å²) in [5.74, 6) is -0.796. The Morgan fingerprint density at radius 3 is 2.52 bits per heavy atom. The third-order valence-corrected chi connectivity index (χ3v) is 6.05. The lowest BCUT2D eigenvalue weighted by molar-refractivity contribution is 0.0353. The standard InChI is InChI=1S/C24H23FN2O4/c25-18-8-3-1-6-16(18)21-20-22(28)17-7-2-4-9-19(17)31-23(20)24(29)27(21)11-5-10-26-12-14-30-15-13-26/h1-4,6-9,21H,5,10-15H2/t21-/m1/s1. The molecule has 2 aromatic carbocycles. The van der Waals surface area contributed by atoms with Crippen molar-refractivity contribution in [3.05, 3.63) is 81.5 Å². The van der Waals surface area contributed by atoms with E-state index in [2.05, 4.69) is 4.90 Å². The molecular formula is C24H23FN2O4. The molecule has 1 saturated heterocycles. The van der Waals surface area contributed by atoms with Crippen LogP contribution in [-0.2, 0) is 4.74 Å². The largest absolute Gasteiger partial charge is 0.450 e. The second-order valence-corrected chi connectivity index (χ2v) is 7.90. The molecule has 2 aliphatic rings. The molecule has 31 heavy (non-hydrogen) atoms. The number of hydrogen-bond donors (Lipinski definition) is 0. The van der Waals surface area contributed by atoms with Crippen molar-refractivity contribution < 1.29 is 18.3 Å². The first-order valence-electron chi connectivity index (χ1n) is 10.6. The van der Waals surface area contributed by atoms with Gasteiger partial charge in [0.2, 0.25) is 5.76 Å². The summed E-state index contributed by atoms with van der Waals surface area (Å²) < 4.78 is 26.1. The molecule has 0 N–H and O–H groups in total. The maximum absolute atomic E-state index is 14.8. The average molecular weight is 422 g/mol. The Morgan fingerprint density at radius 2 is 1.71 bits per heavy atom. The van der Waals surface area contributed by atoms with Gasteiger partial charge in [-0.1, -0.05) is 30.3 Å². The minimum absolute atomic E-state index is 0.0170. The van der Waals surface area contributed by atoms with E-state index < -0.39 is 11.9 Å². The zero-order valence-corrected chi connectivity index (χ0v) is 17.1. The van der Waals surface area contributed by atoms with E-state index in [-0.39, 0.29) is 22.7 Å². The first-order valence-corrected chi connectivity index (χ1v) is 10.6. The fraction of sp³-hybridized carbons (Fsp3) is 0.333. The number of rotatable bonds is 5. The van der Waals surface area contributed by atoms with E-state index in [9.17, 15) is 14.0 Å². The molecule has 1 fully saturated rings. The van der Waals surface area contributed by atoms with Crippen molar-refractivity contribution in [1.82, 2.24) is 9.80 Å². The molecule has 3 aromatic rings. The minimum atomic E-state index is -0.797. The van der Waals surface area contributed by atoms with Gasteiger partial charge in [0.15, 0.2) is 5.43 Å². The predicted molar refractivity (Wildman–Crippen MR) is 114 cm³/mol. The number of halogens is 1. The molecule has 1 aromatic heterocycles. The van der Waals surface area contributed by atoms with Gasteiger partial charge in [-0.15, -0.1) is 0 Å². The summed E-state index contributed by atoms with van der Waals surface area (Å²) in [5.41, 5.74) is 0.611. The summed E-state index contributed by atoms with van der Waals surface area (Å²) >= 11 is 0. The van der Waals surface area contributed by atoms with Crippen molar-refractivity contribution in [3.63, 3.8) is 0 Å². The summed E-state index contributed by atoms with van der Waals surface area (Å²) in [5, 5.41) is 0.394. The topological polar surface area (TPSA) is 63.0 Å². The van der Waals surface area contributed by atoms with Gasteiger partial charge >= 0.3 is 0 Å². The van der Waals surface area contributed by atoms with E-state index in [4.69, 9.17) is 9.15 Å². The number of carbonyl (C=O) groups is 1. The molecule has 6 nitrogen and oxygen atoms in total. The smallest absolute Gasteiger partial charge is 0.290 e. The van der Waals surface area contributed by atoms with Crippen LogP contribution < -0.4 is 5.43 Å². The van der Waals surface area contributed by atoms with Crippen LogP contribution in [-0.4, -0.2) is 55.1 Å². The highest BCUT2D eigenvalue weighted by atomic mass is 19.1. The van der Waals surface area contributed by atoms with Gasteiger partial charge in [0, 0.05) is 31.7 Å². The molecule has 7 heteroatoms. The van der Waals surface area contributed by atoms with Gasteiger partial charge in [-0.3, -0.25) is 14.5 Å². The van der Waals surface area contributed by atoms with Crippen LogP contribution in [0.3, 0.4) is 0 Å². The van der Waals surface area contributed by atoms with Crippen molar-refractivity contribution in [2.45, 2.75) is 12.5 Å². The summed E-state index contributed by atoms with van der Waals surface area (Å²) in [6.07, 6.45) is 0.707. The number of amides is 1. The van der Waals surface area contributed by atoms with E-state index in [1.807, 2.05) is 0 Å². The van der Waals surface area contributed by atoms with Crippen LogP contribution in [0.25, 0.3) is 11.0 Å². The van der Waals surface area contributed by atoms with Gasteiger partial charge in [-0.05, 0) is 24.6 Å². The number of morpholine rings is 1. The van der Waals surface area contributed by atoms with Crippen LogP contribution in [0.15, 0.2) is 57.7 Å². The van der Waals surface area contributed by atoms with Crippen molar-refractivity contribution in [2.24, 2.45) is 0 Å². The number of benzene rings is 2. The minimum Gasteiger partial charge on any atom is -0.450 e. The van der Waals surface area contributed by atoms with Crippen LogP contribution in [0.5, 0.6) is 0 Å². The summed E-state index contributed by atoms with van der Waals surface area (Å²) in [4.78, 5) is 30.5. The van der Waals surface area contributed by atoms with Crippen LogP contribution in [0.1, 0.15) is 34.1 Å². The van der Waals surface area contributed by atoms with E-state index >= 15 is 0 Å². The van der Waals surface area contributed by atoms with Crippen molar-refractivity contribution in [3.8, 4) is 0 Å². The van der Waals surface area contributed by atoms with Crippen molar-refractivity contribution >= 4 is 16.9 Å². The maximum atomic E-state index is 14.8. The number of nitrogens with zero attached hydrogens (tertiary/aromatic N) is 2. The molecule has 0 unspecified atom stereocenters. The van der Waals surface area contributed by atoms with E-state index in [1.165, 1.54) is 6.07 Å². The maximum Gasteiger partial charge on any atom is 0.290 e. The zero-order chi connectivity index (χ0) is 21.4. The van der Waals surface area contributed by atoms with Gasteiger partial charge in [0.25, 0.3) is 5.91 Å². The van der Waals surface area contributed by atoms with E-state index in [1.54, 1.807) is 47.4 Å². The van der Waals surface area contributed by atoms with Gasteiger partial charge in [0.05, 0.1) is 30.2 Å². The highest BCUT2D eigenvalue weighted by Gasteiger charge is 2.43.